The van der Waals surface area contributed by atoms with Crippen LogP contribution >= 0.6 is 0 Å². The number of ether oxygens (including phenoxy) is 8. The molecule has 0 N–H and O–H groups in total. The van der Waals surface area contributed by atoms with E-state index < -0.39 is 0 Å². The molecule has 0 heterocycles. The van der Waals surface area contributed by atoms with Crippen molar-refractivity contribution in [3.63, 3.8) is 0 Å². The molecule has 0 aliphatic heterocycles. The van der Waals surface area contributed by atoms with Crippen LogP contribution in [0.3, 0.4) is 0 Å². The Kier molecular flexibility index (Phi) is 13.7. The van der Waals surface area contributed by atoms with Crippen LogP contribution < -0.4 is 37.9 Å². The smallest absolute Gasteiger partial charge is 0.130 e. The van der Waals surface area contributed by atoms with Gasteiger partial charge in [-0.3, -0.25) is 0 Å². The minimum atomic E-state index is 0.658. The minimum Gasteiger partial charge on any atom is -0.497 e. The zero-order chi connectivity index (χ0) is 42.8. The summed E-state index contributed by atoms with van der Waals surface area (Å²) in [6.07, 6.45) is 4.21. The van der Waals surface area contributed by atoms with Gasteiger partial charge in [0.05, 0.1) is 56.9 Å². The summed E-state index contributed by atoms with van der Waals surface area (Å²) in [6.45, 7) is 8.85. The summed E-state index contributed by atoms with van der Waals surface area (Å²) < 4.78 is 45.3. The van der Waals surface area contributed by atoms with E-state index in [4.69, 9.17) is 37.9 Å². The monoisotopic (exact) mass is 802 g/mol. The second-order valence-corrected chi connectivity index (χ2v) is 13.5. The standard InChI is InChI=1S/C52H50O8/c1-33(43-23-19-39(53-3)29-49(43)57-7)35-11-15-37(16-12-35)45(47-25-21-41(55-5)31-51(47)59-9)27-28-46(48-26-22-42(56-6)32-52(48)60-10)38-17-13-36(14-18-38)34(2)44-24-20-40(54-4)30-50(44)58-8/h11-32H,1-2H2,3-10H3/b45-27-,46-28+. The number of methoxy groups -OCH3 is 8. The number of hydrogen-bond acceptors (Lipinski definition) is 8. The van der Waals surface area contributed by atoms with E-state index in [1.165, 1.54) is 0 Å². The first-order valence-electron chi connectivity index (χ1n) is 19.1. The SMILES string of the molecule is C=C(c1ccc(/C(=C/C=C(\c2ccc(C(=C)c3ccc(OC)cc3OC)cc2)c2ccc(OC)cc2OC)c2ccc(OC)cc2OC)cc1)c1ccc(OC)cc1OC. The first kappa shape index (κ1) is 42.3. The maximum absolute atomic E-state index is 5.96. The summed E-state index contributed by atoms with van der Waals surface area (Å²) in [6, 6.07) is 39.7. The topological polar surface area (TPSA) is 73.8 Å². The van der Waals surface area contributed by atoms with E-state index in [0.29, 0.717) is 46.0 Å². The summed E-state index contributed by atoms with van der Waals surface area (Å²) in [5.74, 6) is 5.45. The Labute approximate surface area is 353 Å². The average Bonchev–Trinajstić information content (AvgIpc) is 3.31. The molecule has 0 aliphatic rings. The van der Waals surface area contributed by atoms with Crippen molar-refractivity contribution in [3.8, 4) is 46.0 Å². The predicted octanol–water partition coefficient (Wildman–Crippen LogP) is 11.4. The van der Waals surface area contributed by atoms with E-state index in [9.17, 15) is 0 Å². The molecule has 8 nitrogen and oxygen atoms in total. The van der Waals surface area contributed by atoms with E-state index in [0.717, 1.165) is 66.8 Å². The maximum atomic E-state index is 5.96. The molecule has 0 amide bonds. The molecule has 6 aromatic rings. The van der Waals surface area contributed by atoms with Crippen molar-refractivity contribution >= 4 is 22.3 Å². The fourth-order valence-electron chi connectivity index (χ4n) is 7.00. The lowest BCUT2D eigenvalue weighted by molar-refractivity contribution is 0.393. The highest BCUT2D eigenvalue weighted by atomic mass is 16.5. The highest BCUT2D eigenvalue weighted by Gasteiger charge is 2.18. The van der Waals surface area contributed by atoms with Gasteiger partial charge in [-0.25, -0.2) is 0 Å². The van der Waals surface area contributed by atoms with Gasteiger partial charge in [0.1, 0.15) is 46.0 Å². The highest BCUT2D eigenvalue weighted by Crippen LogP contribution is 2.40. The van der Waals surface area contributed by atoms with Crippen molar-refractivity contribution in [1.82, 2.24) is 0 Å². The Bertz CT molecular complexity index is 2370. The molecule has 0 atom stereocenters. The van der Waals surface area contributed by atoms with Gasteiger partial charge < -0.3 is 37.9 Å². The van der Waals surface area contributed by atoms with E-state index in [1.54, 1.807) is 56.9 Å². The fourth-order valence-corrected chi connectivity index (χ4v) is 7.00. The van der Waals surface area contributed by atoms with Gasteiger partial charge in [0.25, 0.3) is 0 Å². The predicted molar refractivity (Wildman–Crippen MR) is 241 cm³/mol. The second-order valence-electron chi connectivity index (χ2n) is 13.5. The molecule has 6 rings (SSSR count). The minimum absolute atomic E-state index is 0.658. The van der Waals surface area contributed by atoms with Gasteiger partial charge in [0.15, 0.2) is 0 Å². The Hall–Kier alpha value is -7.32. The Morgan fingerprint density at radius 1 is 0.317 bits per heavy atom. The molecule has 306 valence electrons. The third-order valence-corrected chi connectivity index (χ3v) is 10.4. The van der Waals surface area contributed by atoms with Crippen LogP contribution in [0.25, 0.3) is 22.3 Å². The number of rotatable bonds is 17. The van der Waals surface area contributed by atoms with Crippen LogP contribution in [0.4, 0.5) is 0 Å². The highest BCUT2D eigenvalue weighted by molar-refractivity contribution is 5.91. The second kappa shape index (κ2) is 19.4. The quantitative estimate of drug-likeness (QED) is 0.0844. The summed E-state index contributed by atoms with van der Waals surface area (Å²) in [5, 5.41) is 0. The largest absolute Gasteiger partial charge is 0.497 e. The van der Waals surface area contributed by atoms with E-state index in [-0.39, 0.29) is 0 Å². The maximum Gasteiger partial charge on any atom is 0.130 e. The van der Waals surface area contributed by atoms with E-state index >= 15 is 0 Å². The lowest BCUT2D eigenvalue weighted by Gasteiger charge is -2.17. The molecule has 0 aliphatic carbocycles. The summed E-state index contributed by atoms with van der Waals surface area (Å²) in [5.41, 5.74) is 10.7. The Morgan fingerprint density at radius 2 is 0.567 bits per heavy atom. The van der Waals surface area contributed by atoms with Crippen molar-refractivity contribution in [1.29, 1.82) is 0 Å². The van der Waals surface area contributed by atoms with Crippen LogP contribution in [0, 0.1) is 0 Å². The zero-order valence-electron chi connectivity index (χ0n) is 35.4. The summed E-state index contributed by atoms with van der Waals surface area (Å²) in [7, 11) is 13.1. The zero-order valence-corrected chi connectivity index (χ0v) is 35.4. The van der Waals surface area contributed by atoms with Gasteiger partial charge >= 0.3 is 0 Å². The number of allylic oxidation sites excluding steroid dienone is 2. The van der Waals surface area contributed by atoms with Crippen LogP contribution in [-0.4, -0.2) is 56.9 Å². The van der Waals surface area contributed by atoms with Crippen molar-refractivity contribution in [2.24, 2.45) is 0 Å². The van der Waals surface area contributed by atoms with Crippen LogP contribution in [0.1, 0.15) is 44.5 Å². The van der Waals surface area contributed by atoms with Gasteiger partial charge in [-0.15, -0.1) is 0 Å². The average molecular weight is 803 g/mol. The first-order chi connectivity index (χ1) is 29.2. The molecule has 8 heteroatoms. The molecule has 0 saturated carbocycles. The molecule has 0 spiro atoms. The molecular weight excluding hydrogens is 753 g/mol. The van der Waals surface area contributed by atoms with Gasteiger partial charge in [-0.1, -0.05) is 73.8 Å². The van der Waals surface area contributed by atoms with Crippen molar-refractivity contribution in [3.05, 3.63) is 191 Å². The summed E-state index contributed by atoms with van der Waals surface area (Å²) in [4.78, 5) is 0. The van der Waals surface area contributed by atoms with Crippen molar-refractivity contribution < 1.29 is 37.9 Å². The van der Waals surface area contributed by atoms with Gasteiger partial charge in [-0.2, -0.15) is 0 Å². The molecule has 0 unspecified atom stereocenters. The molecule has 0 saturated heterocycles. The van der Waals surface area contributed by atoms with E-state index in [2.05, 4.69) is 73.8 Å². The van der Waals surface area contributed by atoms with Gasteiger partial charge in [0.2, 0.25) is 0 Å². The summed E-state index contributed by atoms with van der Waals surface area (Å²) >= 11 is 0. The van der Waals surface area contributed by atoms with Crippen molar-refractivity contribution in [2.45, 2.75) is 0 Å². The van der Waals surface area contributed by atoms with E-state index in [1.807, 2.05) is 72.8 Å². The van der Waals surface area contributed by atoms with Gasteiger partial charge in [-0.05, 0) is 93.1 Å². The van der Waals surface area contributed by atoms with Crippen LogP contribution in [0.5, 0.6) is 46.0 Å². The van der Waals surface area contributed by atoms with Gasteiger partial charge in [0, 0.05) is 46.5 Å². The Morgan fingerprint density at radius 3 is 0.833 bits per heavy atom. The van der Waals surface area contributed by atoms with Crippen LogP contribution in [-0.2, 0) is 0 Å². The number of benzene rings is 6. The normalized spacial score (nSPS) is 11.3. The molecule has 60 heavy (non-hydrogen) atoms. The Balaban J connectivity index is 1.49. The molecule has 0 radical (unpaired) electrons. The van der Waals surface area contributed by atoms with Crippen LogP contribution in [0.2, 0.25) is 0 Å². The lowest BCUT2D eigenvalue weighted by atomic mass is 9.90. The lowest BCUT2D eigenvalue weighted by Crippen LogP contribution is -1.98. The first-order valence-corrected chi connectivity index (χ1v) is 19.1. The third kappa shape index (κ3) is 9.03. The molecule has 0 fully saturated rings. The molecule has 0 aromatic heterocycles. The van der Waals surface area contributed by atoms with Crippen molar-refractivity contribution in [2.75, 3.05) is 56.9 Å². The third-order valence-electron chi connectivity index (χ3n) is 10.4. The fraction of sp³-hybridized carbons (Fsp3) is 0.154. The van der Waals surface area contributed by atoms with Crippen LogP contribution in [0.15, 0.2) is 147 Å². The molecular formula is C52H50O8. The number of hydrogen-bond donors (Lipinski definition) is 0. The molecule has 0 bridgehead atoms. The molecule has 6 aromatic carbocycles.